The molecule has 12 heavy (non-hydrogen) atoms. The van der Waals surface area contributed by atoms with E-state index in [0.717, 1.165) is 18.4 Å². The molecule has 0 aromatic heterocycles. The van der Waals surface area contributed by atoms with Gasteiger partial charge in [-0.1, -0.05) is 13.0 Å². The van der Waals surface area contributed by atoms with E-state index in [2.05, 4.69) is 10.9 Å². The van der Waals surface area contributed by atoms with Crippen molar-refractivity contribution in [2.24, 2.45) is 0 Å². The molecular formula is C8H12N2O2. The Bertz CT molecular complexity index is 233. The van der Waals surface area contributed by atoms with Crippen LogP contribution in [0.15, 0.2) is 11.6 Å². The molecule has 1 rings (SSSR count). The van der Waals surface area contributed by atoms with Crippen molar-refractivity contribution in [2.45, 2.75) is 26.2 Å². The summed E-state index contributed by atoms with van der Waals surface area (Å²) < 4.78 is 0. The molecule has 0 aromatic rings. The highest BCUT2D eigenvalue weighted by molar-refractivity contribution is 5.95. The quantitative estimate of drug-likeness (QED) is 0.581. The summed E-state index contributed by atoms with van der Waals surface area (Å²) in [5, 5.41) is 0. The molecule has 4 heteroatoms. The Morgan fingerprint density at radius 3 is 2.58 bits per heavy atom. The molecule has 0 aromatic carbocycles. The number of allylic oxidation sites excluding steroid dienone is 1. The Hall–Kier alpha value is -1.32. The molecule has 0 saturated carbocycles. The van der Waals surface area contributed by atoms with Gasteiger partial charge in [-0.3, -0.25) is 20.4 Å². The fourth-order valence-corrected chi connectivity index (χ4v) is 0.790. The van der Waals surface area contributed by atoms with Crippen LogP contribution in [0, 0.1) is 0 Å². The molecule has 0 fully saturated rings. The molecule has 1 aliphatic carbocycles. The second-order valence-electron chi connectivity index (χ2n) is 2.62. The topological polar surface area (TPSA) is 58.2 Å². The molecule has 0 heterocycles. The summed E-state index contributed by atoms with van der Waals surface area (Å²) in [5.74, 6) is -0.369. The van der Waals surface area contributed by atoms with E-state index in [4.69, 9.17) is 0 Å². The van der Waals surface area contributed by atoms with Crippen LogP contribution in [0.3, 0.4) is 0 Å². The third-order valence-corrected chi connectivity index (χ3v) is 1.73. The lowest BCUT2D eigenvalue weighted by atomic mass is 9.99. The number of rotatable bonds is 2. The molecule has 4 nitrogen and oxygen atoms in total. The minimum absolute atomic E-state index is 0.178. The Kier molecular flexibility index (Phi) is 2.85. The zero-order valence-electron chi connectivity index (χ0n) is 7.02. The van der Waals surface area contributed by atoms with Gasteiger partial charge in [0.25, 0.3) is 5.91 Å². The van der Waals surface area contributed by atoms with E-state index in [1.54, 1.807) is 6.92 Å². The average molecular weight is 168 g/mol. The number of hydrogen-bond donors (Lipinski definition) is 2. The number of carbonyl (C=O) groups is 2. The molecule has 0 atom stereocenters. The van der Waals surface area contributed by atoms with Gasteiger partial charge in [-0.25, -0.2) is 0 Å². The molecule has 0 unspecified atom stereocenters. The number of amides is 2. The van der Waals surface area contributed by atoms with E-state index >= 15 is 0 Å². The maximum atomic E-state index is 11.1. The van der Waals surface area contributed by atoms with Crippen molar-refractivity contribution >= 4 is 11.8 Å². The van der Waals surface area contributed by atoms with E-state index < -0.39 is 0 Å². The normalized spacial score (nSPS) is 14.2. The Morgan fingerprint density at radius 1 is 1.50 bits per heavy atom. The van der Waals surface area contributed by atoms with Gasteiger partial charge in [0.05, 0.1) is 0 Å². The lowest BCUT2D eigenvalue weighted by Crippen LogP contribution is -2.42. The molecule has 2 N–H and O–H groups in total. The predicted molar refractivity (Wildman–Crippen MR) is 43.9 cm³/mol. The van der Waals surface area contributed by atoms with E-state index in [1.807, 2.05) is 6.08 Å². The fourth-order valence-electron chi connectivity index (χ4n) is 0.790. The van der Waals surface area contributed by atoms with Gasteiger partial charge >= 0.3 is 0 Å². The van der Waals surface area contributed by atoms with Crippen molar-refractivity contribution < 1.29 is 9.59 Å². The Balaban J connectivity index is 2.23. The molecule has 0 saturated heterocycles. The first-order valence-electron chi connectivity index (χ1n) is 4.02. The lowest BCUT2D eigenvalue weighted by molar-refractivity contribution is -0.127. The van der Waals surface area contributed by atoms with Crippen molar-refractivity contribution in [1.29, 1.82) is 0 Å². The van der Waals surface area contributed by atoms with Crippen LogP contribution in [0.1, 0.15) is 26.2 Å². The van der Waals surface area contributed by atoms with Crippen molar-refractivity contribution in [1.82, 2.24) is 10.9 Å². The smallest absolute Gasteiger partial charge is 0.265 e. The third-order valence-electron chi connectivity index (χ3n) is 1.73. The van der Waals surface area contributed by atoms with Crippen LogP contribution < -0.4 is 10.9 Å². The SMILES string of the molecule is CCC(=O)NNC(=O)C1=CCC1. The molecule has 2 amide bonds. The highest BCUT2D eigenvalue weighted by Crippen LogP contribution is 2.16. The monoisotopic (exact) mass is 168 g/mol. The van der Waals surface area contributed by atoms with Crippen molar-refractivity contribution in [3.8, 4) is 0 Å². The van der Waals surface area contributed by atoms with Crippen LogP contribution in [-0.2, 0) is 9.59 Å². The van der Waals surface area contributed by atoms with Gasteiger partial charge in [-0.2, -0.15) is 0 Å². The van der Waals surface area contributed by atoms with Crippen LogP contribution in [-0.4, -0.2) is 11.8 Å². The van der Waals surface area contributed by atoms with Crippen molar-refractivity contribution in [2.75, 3.05) is 0 Å². The summed E-state index contributed by atoms with van der Waals surface area (Å²) >= 11 is 0. The molecule has 66 valence electrons. The number of nitrogens with one attached hydrogen (secondary N) is 2. The fraction of sp³-hybridized carbons (Fsp3) is 0.500. The summed E-state index contributed by atoms with van der Waals surface area (Å²) in [5.41, 5.74) is 5.39. The minimum Gasteiger partial charge on any atom is -0.273 e. The summed E-state index contributed by atoms with van der Waals surface area (Å²) in [4.78, 5) is 21.8. The van der Waals surface area contributed by atoms with Crippen LogP contribution >= 0.6 is 0 Å². The average Bonchev–Trinajstić information content (AvgIpc) is 1.97. The first-order chi connectivity index (χ1) is 5.74. The molecule has 0 aliphatic heterocycles. The summed E-state index contributed by atoms with van der Waals surface area (Å²) in [6.07, 6.45) is 4.01. The zero-order chi connectivity index (χ0) is 8.97. The van der Waals surface area contributed by atoms with Crippen LogP contribution in [0.5, 0.6) is 0 Å². The Morgan fingerprint density at radius 2 is 2.17 bits per heavy atom. The summed E-state index contributed by atoms with van der Waals surface area (Å²) in [6, 6.07) is 0. The van der Waals surface area contributed by atoms with Crippen LogP contribution in [0.2, 0.25) is 0 Å². The molecule has 0 spiro atoms. The second-order valence-corrected chi connectivity index (χ2v) is 2.62. The Labute approximate surface area is 71.0 Å². The van der Waals surface area contributed by atoms with Gasteiger partial charge in [0.1, 0.15) is 0 Å². The van der Waals surface area contributed by atoms with Gasteiger partial charge in [0, 0.05) is 12.0 Å². The highest BCUT2D eigenvalue weighted by atomic mass is 16.2. The minimum atomic E-state index is -0.192. The molecule has 1 aliphatic rings. The number of hydrogen-bond acceptors (Lipinski definition) is 2. The molecule has 0 radical (unpaired) electrons. The summed E-state index contributed by atoms with van der Waals surface area (Å²) in [6.45, 7) is 1.73. The van der Waals surface area contributed by atoms with Crippen molar-refractivity contribution in [3.05, 3.63) is 11.6 Å². The van der Waals surface area contributed by atoms with Crippen LogP contribution in [0.4, 0.5) is 0 Å². The first kappa shape index (κ1) is 8.77. The standard InChI is InChI=1S/C8H12N2O2/c1-2-7(11)9-10-8(12)6-4-3-5-6/h4H,2-3,5H2,1H3,(H,9,11)(H,10,12). The van der Waals surface area contributed by atoms with Gasteiger partial charge in [-0.15, -0.1) is 0 Å². The van der Waals surface area contributed by atoms with Crippen LogP contribution in [0.25, 0.3) is 0 Å². The highest BCUT2D eigenvalue weighted by Gasteiger charge is 2.14. The molecular weight excluding hydrogens is 156 g/mol. The largest absolute Gasteiger partial charge is 0.273 e. The second kappa shape index (κ2) is 3.90. The van der Waals surface area contributed by atoms with Gasteiger partial charge < -0.3 is 0 Å². The van der Waals surface area contributed by atoms with Gasteiger partial charge in [0.15, 0.2) is 0 Å². The van der Waals surface area contributed by atoms with E-state index in [0.29, 0.717) is 6.42 Å². The maximum Gasteiger partial charge on any atom is 0.265 e. The van der Waals surface area contributed by atoms with Gasteiger partial charge in [0.2, 0.25) is 5.91 Å². The molecule has 0 bridgehead atoms. The van der Waals surface area contributed by atoms with Crippen molar-refractivity contribution in [3.63, 3.8) is 0 Å². The maximum absolute atomic E-state index is 11.1. The summed E-state index contributed by atoms with van der Waals surface area (Å²) in [7, 11) is 0. The zero-order valence-corrected chi connectivity index (χ0v) is 7.02. The van der Waals surface area contributed by atoms with Gasteiger partial charge in [-0.05, 0) is 12.8 Å². The lowest BCUT2D eigenvalue weighted by Gasteiger charge is -2.13. The number of hydrazine groups is 1. The van der Waals surface area contributed by atoms with E-state index in [1.165, 1.54) is 0 Å². The first-order valence-corrected chi connectivity index (χ1v) is 4.02. The predicted octanol–water partition coefficient (Wildman–Crippen LogP) is 0.264. The van der Waals surface area contributed by atoms with E-state index in [-0.39, 0.29) is 11.8 Å². The third kappa shape index (κ3) is 2.08. The van der Waals surface area contributed by atoms with E-state index in [9.17, 15) is 9.59 Å². The number of carbonyl (C=O) groups excluding carboxylic acids is 2.